The number of rotatable bonds is 8. The Kier molecular flexibility index (Phi) is 8.64. The molecule has 44 heavy (non-hydrogen) atoms. The molecule has 0 aromatic heterocycles. The summed E-state index contributed by atoms with van der Waals surface area (Å²) in [5.74, 6) is -16.8. The van der Waals surface area contributed by atoms with E-state index in [1.54, 1.807) is 4.90 Å². The Morgan fingerprint density at radius 2 is 1.57 bits per heavy atom. The summed E-state index contributed by atoms with van der Waals surface area (Å²) in [6, 6.07) is 8.27. The molecular weight excluding hydrogens is 615 g/mol. The smallest absolute Gasteiger partial charge is 0.339 e. The van der Waals surface area contributed by atoms with Crippen LogP contribution in [0.4, 0.5) is 27.6 Å². The largest absolute Gasteiger partial charge is 0.507 e. The Morgan fingerprint density at radius 3 is 2.14 bits per heavy atom. The Balaban J connectivity index is 1.55. The van der Waals surface area contributed by atoms with Gasteiger partial charge in [-0.3, -0.25) is 9.69 Å². The molecule has 0 aliphatic carbocycles. The third-order valence-electron chi connectivity index (χ3n) is 7.73. The highest BCUT2D eigenvalue weighted by Gasteiger charge is 2.44. The van der Waals surface area contributed by atoms with Gasteiger partial charge in [0.05, 0.1) is 18.3 Å². The average molecular weight is 641 g/mol. The quantitative estimate of drug-likeness (QED) is 0.207. The number of amides is 1. The van der Waals surface area contributed by atoms with Crippen LogP contribution >= 0.6 is 0 Å². The van der Waals surface area contributed by atoms with Crippen molar-refractivity contribution in [2.24, 2.45) is 0 Å². The molecule has 2 aliphatic heterocycles. The molecular formula is C29H25F5N2O7S. The second-order valence-corrected chi connectivity index (χ2v) is 12.2. The molecule has 2 atom stereocenters. The van der Waals surface area contributed by atoms with Gasteiger partial charge in [-0.25, -0.2) is 39.5 Å². The van der Waals surface area contributed by atoms with Gasteiger partial charge in [0.1, 0.15) is 11.3 Å². The first-order valence-corrected chi connectivity index (χ1v) is 14.8. The number of benzene rings is 3. The highest BCUT2D eigenvalue weighted by Crippen LogP contribution is 2.36. The molecule has 0 spiro atoms. The summed E-state index contributed by atoms with van der Waals surface area (Å²) in [5.41, 5.74) is 0.330. The van der Waals surface area contributed by atoms with Crippen molar-refractivity contribution < 1.29 is 54.9 Å². The lowest BCUT2D eigenvalue weighted by Crippen LogP contribution is -2.48. The van der Waals surface area contributed by atoms with Gasteiger partial charge in [0.15, 0.2) is 28.2 Å². The minimum absolute atomic E-state index is 0.0681. The SMILES string of the molecule is O=C(O)c1ccc(N(C(=O)[C@H]2CCCN2Cc2ccc(C3CCOC3)cc2)S(=O)(=O)c2c(F)c(F)c(F)c(F)c2F)cc1O. The molecule has 2 fully saturated rings. The highest BCUT2D eigenvalue weighted by atomic mass is 32.2. The molecule has 3 aromatic carbocycles. The maximum Gasteiger partial charge on any atom is 0.339 e. The first-order chi connectivity index (χ1) is 20.8. The molecule has 3 aromatic rings. The molecule has 234 valence electrons. The number of phenols is 1. The van der Waals surface area contributed by atoms with Gasteiger partial charge in [0.2, 0.25) is 5.82 Å². The minimum Gasteiger partial charge on any atom is -0.507 e. The van der Waals surface area contributed by atoms with E-state index >= 15 is 0 Å². The van der Waals surface area contributed by atoms with E-state index in [9.17, 15) is 50.2 Å². The van der Waals surface area contributed by atoms with Gasteiger partial charge >= 0.3 is 5.97 Å². The van der Waals surface area contributed by atoms with E-state index in [1.807, 2.05) is 24.3 Å². The van der Waals surface area contributed by atoms with E-state index in [0.717, 1.165) is 29.7 Å². The number of carboxylic acids is 1. The van der Waals surface area contributed by atoms with E-state index in [0.29, 0.717) is 32.2 Å². The van der Waals surface area contributed by atoms with Crippen molar-refractivity contribution in [1.29, 1.82) is 0 Å². The van der Waals surface area contributed by atoms with Crippen molar-refractivity contribution in [3.63, 3.8) is 0 Å². The highest BCUT2D eigenvalue weighted by molar-refractivity contribution is 7.93. The Labute approximate surface area is 248 Å². The summed E-state index contributed by atoms with van der Waals surface area (Å²) in [6.45, 7) is 1.70. The molecule has 0 bridgehead atoms. The summed E-state index contributed by atoms with van der Waals surface area (Å²) in [5, 5.41) is 19.5. The molecule has 5 rings (SSSR count). The van der Waals surface area contributed by atoms with Crippen molar-refractivity contribution >= 4 is 27.6 Å². The number of hydrogen-bond donors (Lipinski definition) is 2. The van der Waals surface area contributed by atoms with Gasteiger partial charge in [0.25, 0.3) is 15.9 Å². The van der Waals surface area contributed by atoms with Crippen LogP contribution in [0.2, 0.25) is 0 Å². The number of carbonyl (C=O) groups excluding carboxylic acids is 1. The molecule has 15 heteroatoms. The fourth-order valence-electron chi connectivity index (χ4n) is 5.47. The maximum absolute atomic E-state index is 14.8. The number of hydrogen-bond acceptors (Lipinski definition) is 7. The van der Waals surface area contributed by atoms with Crippen LogP contribution in [0.5, 0.6) is 5.75 Å². The van der Waals surface area contributed by atoms with Crippen molar-refractivity contribution in [1.82, 2.24) is 4.90 Å². The number of sulfonamides is 1. The molecule has 2 N–H and O–H groups in total. The lowest BCUT2D eigenvalue weighted by atomic mass is 9.97. The second-order valence-electron chi connectivity index (χ2n) is 10.4. The normalized spacial score (nSPS) is 18.9. The van der Waals surface area contributed by atoms with Crippen LogP contribution in [-0.2, 0) is 26.1 Å². The van der Waals surface area contributed by atoms with E-state index in [4.69, 9.17) is 4.74 Å². The fraction of sp³-hybridized carbons (Fsp3) is 0.310. The van der Waals surface area contributed by atoms with Gasteiger partial charge < -0.3 is 14.9 Å². The number of nitrogens with zero attached hydrogens (tertiary/aromatic N) is 2. The Hall–Kier alpha value is -4.08. The molecule has 0 radical (unpaired) electrons. The summed E-state index contributed by atoms with van der Waals surface area (Å²) in [6.07, 6.45) is 1.34. The average Bonchev–Trinajstić information content (AvgIpc) is 3.68. The van der Waals surface area contributed by atoms with Crippen LogP contribution in [-0.4, -0.2) is 61.2 Å². The van der Waals surface area contributed by atoms with Crippen LogP contribution in [0.3, 0.4) is 0 Å². The van der Waals surface area contributed by atoms with Gasteiger partial charge in [-0.05, 0) is 49.1 Å². The number of carboxylic acid groups (broad SMARTS) is 1. The fourth-order valence-corrected chi connectivity index (χ4v) is 7.04. The Morgan fingerprint density at radius 1 is 0.932 bits per heavy atom. The van der Waals surface area contributed by atoms with Crippen LogP contribution < -0.4 is 4.31 Å². The lowest BCUT2D eigenvalue weighted by Gasteiger charge is -2.30. The van der Waals surface area contributed by atoms with E-state index in [2.05, 4.69) is 0 Å². The number of ether oxygens (including phenoxy) is 1. The van der Waals surface area contributed by atoms with Crippen molar-refractivity contribution in [3.8, 4) is 5.75 Å². The van der Waals surface area contributed by atoms with Gasteiger partial charge in [-0.2, -0.15) is 0 Å². The predicted molar refractivity (Wildman–Crippen MR) is 144 cm³/mol. The first kappa shape index (κ1) is 31.3. The zero-order valence-corrected chi connectivity index (χ0v) is 23.6. The summed E-state index contributed by atoms with van der Waals surface area (Å²) in [4.78, 5) is 24.7. The predicted octanol–water partition coefficient (Wildman–Crippen LogP) is 4.68. The number of anilines is 1. The van der Waals surface area contributed by atoms with Crippen LogP contribution in [0, 0.1) is 29.1 Å². The number of aromatic hydroxyl groups is 1. The molecule has 9 nitrogen and oxygen atoms in total. The van der Waals surface area contributed by atoms with E-state index < -0.39 is 78.9 Å². The molecule has 1 amide bonds. The topological polar surface area (TPSA) is 124 Å². The molecule has 0 saturated carbocycles. The lowest BCUT2D eigenvalue weighted by molar-refractivity contribution is -0.121. The zero-order valence-electron chi connectivity index (χ0n) is 22.8. The van der Waals surface area contributed by atoms with Crippen LogP contribution in [0.25, 0.3) is 0 Å². The van der Waals surface area contributed by atoms with Gasteiger partial charge in [-0.15, -0.1) is 0 Å². The molecule has 1 unspecified atom stereocenters. The Bertz CT molecular complexity index is 1700. The van der Waals surface area contributed by atoms with E-state index in [-0.39, 0.29) is 23.2 Å². The van der Waals surface area contributed by atoms with Crippen molar-refractivity contribution in [2.75, 3.05) is 24.1 Å². The number of likely N-dealkylation sites (tertiary alicyclic amines) is 1. The van der Waals surface area contributed by atoms with E-state index in [1.165, 1.54) is 0 Å². The molecule has 2 heterocycles. The number of halogens is 5. The second kappa shape index (κ2) is 12.1. The first-order valence-electron chi connectivity index (χ1n) is 13.4. The molecule has 2 aliphatic rings. The number of aromatic carboxylic acids is 1. The number of carbonyl (C=O) groups is 2. The van der Waals surface area contributed by atoms with Crippen molar-refractivity contribution in [2.45, 2.75) is 42.7 Å². The summed E-state index contributed by atoms with van der Waals surface area (Å²) < 4.78 is 104. The van der Waals surface area contributed by atoms with Gasteiger partial charge in [-0.1, -0.05) is 24.3 Å². The standard InChI is InChI=1S/C29H25F5N2O7S/c30-22-23(31)25(33)27(26(34)24(22)32)44(41,42)36(18-7-8-19(29(39)40)21(37)12-18)28(38)20-2-1-10-35(20)13-15-3-5-16(6-4-15)17-9-11-43-14-17/h3-8,12,17,20,37H,1-2,9-11,13-14H2,(H,39,40)/t17?,20-/m1/s1. The third kappa shape index (κ3) is 5.62. The summed E-state index contributed by atoms with van der Waals surface area (Å²) >= 11 is 0. The van der Waals surface area contributed by atoms with Crippen LogP contribution in [0.1, 0.15) is 46.7 Å². The van der Waals surface area contributed by atoms with Crippen molar-refractivity contribution in [3.05, 3.63) is 88.2 Å². The zero-order chi connectivity index (χ0) is 31.9. The minimum atomic E-state index is -5.89. The summed E-state index contributed by atoms with van der Waals surface area (Å²) in [7, 11) is -5.89. The van der Waals surface area contributed by atoms with Gasteiger partial charge in [0, 0.05) is 25.1 Å². The maximum atomic E-state index is 14.8. The monoisotopic (exact) mass is 640 g/mol. The molecule has 2 saturated heterocycles. The third-order valence-corrected chi connectivity index (χ3v) is 9.48. The van der Waals surface area contributed by atoms with Crippen LogP contribution in [0.15, 0.2) is 47.4 Å².